The lowest BCUT2D eigenvalue weighted by Crippen LogP contribution is -2.08. The van der Waals surface area contributed by atoms with Crippen LogP contribution >= 0.6 is 11.8 Å². The fraction of sp³-hybridized carbons (Fsp3) is 0.556. The highest BCUT2D eigenvalue weighted by atomic mass is 32.2. The van der Waals surface area contributed by atoms with Crippen molar-refractivity contribution in [2.75, 3.05) is 27.1 Å². The number of hydrogen-bond donors (Lipinski definition) is 0. The second-order valence-electron chi connectivity index (χ2n) is 6.10. The van der Waals surface area contributed by atoms with Gasteiger partial charge >= 0.3 is 0 Å². The van der Waals surface area contributed by atoms with Crippen LogP contribution in [0.15, 0.2) is 21.8 Å². The predicted octanol–water partition coefficient (Wildman–Crippen LogP) is 4.43. The monoisotopic (exact) mass is 364 g/mol. The summed E-state index contributed by atoms with van der Waals surface area (Å²) in [6.45, 7) is 0. The summed E-state index contributed by atoms with van der Waals surface area (Å²) in [6.07, 6.45) is 6.66. The number of benzene rings is 1. The molecule has 0 atom stereocenters. The molecule has 0 amide bonds. The van der Waals surface area contributed by atoms with Gasteiger partial charge in [0.2, 0.25) is 11.6 Å². The second-order valence-corrected chi connectivity index (χ2v) is 7.07. The Balaban J connectivity index is 1.74. The third-order valence-electron chi connectivity index (χ3n) is 4.49. The van der Waals surface area contributed by atoms with Gasteiger partial charge in [0.25, 0.3) is 5.22 Å². The molecule has 2 aromatic rings. The Morgan fingerprint density at radius 2 is 1.68 bits per heavy atom. The molecule has 1 heterocycles. The molecule has 0 aliphatic heterocycles. The van der Waals surface area contributed by atoms with Crippen molar-refractivity contribution in [3.8, 4) is 28.7 Å². The Hall–Kier alpha value is -1.89. The molecule has 1 aliphatic rings. The van der Waals surface area contributed by atoms with E-state index in [1.54, 1.807) is 33.1 Å². The molecule has 0 N–H and O–H groups in total. The first-order valence-corrected chi connectivity index (χ1v) is 9.50. The summed E-state index contributed by atoms with van der Waals surface area (Å²) in [5.41, 5.74) is 0.742. The molecule has 0 radical (unpaired) electrons. The van der Waals surface area contributed by atoms with Gasteiger partial charge in [0.15, 0.2) is 11.5 Å². The number of hydrogen-bond acceptors (Lipinski definition) is 7. The highest BCUT2D eigenvalue weighted by molar-refractivity contribution is 7.99. The van der Waals surface area contributed by atoms with Gasteiger partial charge in [-0.05, 0) is 30.9 Å². The number of nitrogens with zero attached hydrogens (tertiary/aromatic N) is 2. The lowest BCUT2D eigenvalue weighted by molar-refractivity contribution is 0.324. The van der Waals surface area contributed by atoms with E-state index < -0.39 is 0 Å². The van der Waals surface area contributed by atoms with E-state index in [4.69, 9.17) is 18.6 Å². The van der Waals surface area contributed by atoms with Gasteiger partial charge in [-0.3, -0.25) is 0 Å². The molecule has 0 saturated heterocycles. The van der Waals surface area contributed by atoms with E-state index in [1.807, 2.05) is 12.1 Å². The maximum absolute atomic E-state index is 5.82. The number of rotatable bonds is 7. The van der Waals surface area contributed by atoms with Crippen LogP contribution < -0.4 is 14.2 Å². The Morgan fingerprint density at radius 3 is 2.28 bits per heavy atom. The quantitative estimate of drug-likeness (QED) is 0.673. The Kier molecular flexibility index (Phi) is 6.07. The molecule has 6 nitrogen and oxygen atoms in total. The highest BCUT2D eigenvalue weighted by Gasteiger charge is 2.19. The summed E-state index contributed by atoms with van der Waals surface area (Å²) in [5.74, 6) is 3.91. The van der Waals surface area contributed by atoms with Gasteiger partial charge in [0.05, 0.1) is 21.3 Å². The van der Waals surface area contributed by atoms with Crippen LogP contribution in [0.1, 0.15) is 32.1 Å². The van der Waals surface area contributed by atoms with Crippen molar-refractivity contribution in [2.24, 2.45) is 5.92 Å². The molecule has 1 fully saturated rings. The van der Waals surface area contributed by atoms with Crippen molar-refractivity contribution in [3.63, 3.8) is 0 Å². The molecule has 1 aliphatic carbocycles. The highest BCUT2D eigenvalue weighted by Crippen LogP contribution is 2.41. The first-order valence-electron chi connectivity index (χ1n) is 8.51. The van der Waals surface area contributed by atoms with Crippen molar-refractivity contribution in [1.29, 1.82) is 0 Å². The fourth-order valence-electron chi connectivity index (χ4n) is 3.13. The van der Waals surface area contributed by atoms with E-state index in [2.05, 4.69) is 10.2 Å². The van der Waals surface area contributed by atoms with Crippen molar-refractivity contribution in [1.82, 2.24) is 10.2 Å². The predicted molar refractivity (Wildman–Crippen MR) is 96.7 cm³/mol. The fourth-order valence-corrected chi connectivity index (χ4v) is 4.08. The van der Waals surface area contributed by atoms with Crippen LogP contribution in [0.2, 0.25) is 0 Å². The minimum atomic E-state index is 0.449. The molecule has 0 unspecified atom stereocenters. The third kappa shape index (κ3) is 4.21. The smallest absolute Gasteiger partial charge is 0.276 e. The van der Waals surface area contributed by atoms with Crippen LogP contribution in [-0.2, 0) is 0 Å². The molecule has 1 aromatic carbocycles. The summed E-state index contributed by atoms with van der Waals surface area (Å²) in [5, 5.41) is 8.94. The summed E-state index contributed by atoms with van der Waals surface area (Å²) < 4.78 is 21.9. The van der Waals surface area contributed by atoms with Crippen molar-refractivity contribution in [2.45, 2.75) is 37.3 Å². The largest absolute Gasteiger partial charge is 0.493 e. The minimum Gasteiger partial charge on any atom is -0.493 e. The summed E-state index contributed by atoms with van der Waals surface area (Å²) >= 11 is 1.64. The van der Waals surface area contributed by atoms with E-state index in [9.17, 15) is 0 Å². The maximum Gasteiger partial charge on any atom is 0.276 e. The Bertz CT molecular complexity index is 673. The second kappa shape index (κ2) is 8.47. The molecule has 0 spiro atoms. The van der Waals surface area contributed by atoms with Crippen LogP contribution in [0.5, 0.6) is 17.2 Å². The Morgan fingerprint density at radius 1 is 1.00 bits per heavy atom. The topological polar surface area (TPSA) is 66.6 Å². The zero-order valence-electron chi connectivity index (χ0n) is 14.9. The van der Waals surface area contributed by atoms with Gasteiger partial charge in [-0.1, -0.05) is 31.0 Å². The number of thioether (sulfide) groups is 1. The van der Waals surface area contributed by atoms with Gasteiger partial charge in [0, 0.05) is 11.3 Å². The first-order chi connectivity index (χ1) is 12.2. The number of ether oxygens (including phenoxy) is 3. The lowest BCUT2D eigenvalue weighted by atomic mass is 9.91. The lowest BCUT2D eigenvalue weighted by Gasteiger charge is -2.19. The SMILES string of the molecule is COc1cc(-c2nnc(SCC3CCCCC3)o2)cc(OC)c1OC. The summed E-state index contributed by atoms with van der Waals surface area (Å²) in [6, 6.07) is 3.62. The van der Waals surface area contributed by atoms with Crippen molar-refractivity contribution < 1.29 is 18.6 Å². The van der Waals surface area contributed by atoms with E-state index in [1.165, 1.54) is 32.1 Å². The molecule has 7 heteroatoms. The van der Waals surface area contributed by atoms with Crippen molar-refractivity contribution in [3.05, 3.63) is 12.1 Å². The standard InChI is InChI=1S/C18H24N2O4S/c1-21-14-9-13(10-15(22-2)16(14)23-3)17-19-20-18(24-17)25-11-12-7-5-4-6-8-12/h9-10,12H,4-8,11H2,1-3H3. The van der Waals surface area contributed by atoms with E-state index in [-0.39, 0.29) is 0 Å². The van der Waals surface area contributed by atoms with Gasteiger partial charge < -0.3 is 18.6 Å². The molecule has 1 saturated carbocycles. The molecule has 25 heavy (non-hydrogen) atoms. The first kappa shape index (κ1) is 17.9. The maximum atomic E-state index is 5.82. The van der Waals surface area contributed by atoms with Crippen molar-refractivity contribution >= 4 is 11.8 Å². The average Bonchev–Trinajstić information content (AvgIpc) is 3.15. The normalized spacial score (nSPS) is 15.2. The van der Waals surface area contributed by atoms with Crippen LogP contribution in [0.4, 0.5) is 0 Å². The third-order valence-corrected chi connectivity index (χ3v) is 5.54. The summed E-state index contributed by atoms with van der Waals surface area (Å²) in [7, 11) is 4.74. The molecule has 1 aromatic heterocycles. The van der Waals surface area contributed by atoms with Crippen LogP contribution in [0.3, 0.4) is 0 Å². The molecular weight excluding hydrogens is 340 g/mol. The molecule has 3 rings (SSSR count). The number of aromatic nitrogens is 2. The minimum absolute atomic E-state index is 0.449. The number of methoxy groups -OCH3 is 3. The van der Waals surface area contributed by atoms with Crippen LogP contribution in [-0.4, -0.2) is 37.3 Å². The average molecular weight is 364 g/mol. The van der Waals surface area contributed by atoms with Crippen LogP contribution in [0.25, 0.3) is 11.5 Å². The zero-order chi connectivity index (χ0) is 17.6. The van der Waals surface area contributed by atoms with Gasteiger partial charge in [-0.2, -0.15) is 0 Å². The van der Waals surface area contributed by atoms with Crippen LogP contribution in [0, 0.1) is 5.92 Å². The van der Waals surface area contributed by atoms with E-state index in [0.717, 1.165) is 17.2 Å². The van der Waals surface area contributed by atoms with E-state index in [0.29, 0.717) is 28.4 Å². The van der Waals surface area contributed by atoms with Gasteiger partial charge in [-0.15, -0.1) is 10.2 Å². The van der Waals surface area contributed by atoms with Gasteiger partial charge in [-0.25, -0.2) is 0 Å². The zero-order valence-corrected chi connectivity index (χ0v) is 15.7. The molecule has 136 valence electrons. The van der Waals surface area contributed by atoms with Gasteiger partial charge in [0.1, 0.15) is 0 Å². The molecular formula is C18H24N2O4S. The Labute approximate surface area is 152 Å². The van der Waals surface area contributed by atoms with E-state index >= 15 is 0 Å². The molecule has 0 bridgehead atoms. The summed E-state index contributed by atoms with van der Waals surface area (Å²) in [4.78, 5) is 0.